The van der Waals surface area contributed by atoms with Gasteiger partial charge >= 0.3 is 11.9 Å². The number of aliphatic imine (C=N–C) groups is 1. The second-order valence-corrected chi connectivity index (χ2v) is 2.94. The molecule has 4 amide bonds. The van der Waals surface area contributed by atoms with Crippen molar-refractivity contribution in [3.63, 3.8) is 0 Å². The Kier molecular flexibility index (Phi) is 3.05. The molecule has 0 atom stereocenters. The van der Waals surface area contributed by atoms with Crippen LogP contribution in [0.3, 0.4) is 0 Å². The number of hydrogen-bond acceptors (Lipinski definition) is 4. The fourth-order valence-electron chi connectivity index (χ4n) is 1.04. The Labute approximate surface area is 85.3 Å². The minimum atomic E-state index is -0.828. The summed E-state index contributed by atoms with van der Waals surface area (Å²) in [6, 6.07) is -0.504. The number of nitrogens with zero attached hydrogens (tertiary/aromatic N) is 3. The predicted molar refractivity (Wildman–Crippen MR) is 49.9 cm³/mol. The van der Waals surface area contributed by atoms with Gasteiger partial charge in [-0.1, -0.05) is 0 Å². The van der Waals surface area contributed by atoms with E-state index in [-0.39, 0.29) is 5.71 Å². The second-order valence-electron chi connectivity index (χ2n) is 2.94. The van der Waals surface area contributed by atoms with E-state index in [9.17, 15) is 14.4 Å². The maximum Gasteiger partial charge on any atom is 0.500 e. The molecule has 7 nitrogen and oxygen atoms in total. The number of rotatable bonds is 1. The lowest BCUT2D eigenvalue weighted by molar-refractivity contribution is -0.395. The summed E-state index contributed by atoms with van der Waals surface area (Å²) in [5.74, 6) is -1.49. The average molecular weight is 212 g/mol. The van der Waals surface area contributed by atoms with Crippen LogP contribution in [0.5, 0.6) is 0 Å². The van der Waals surface area contributed by atoms with Crippen molar-refractivity contribution >= 4 is 29.8 Å². The summed E-state index contributed by atoms with van der Waals surface area (Å²) in [7, 11) is 2.72. The van der Waals surface area contributed by atoms with Crippen molar-refractivity contribution < 1.29 is 24.1 Å². The molecule has 1 aliphatic heterocycles. The Hall–Kier alpha value is -1.89. The van der Waals surface area contributed by atoms with Crippen LogP contribution in [0.4, 0.5) is 4.79 Å². The minimum Gasteiger partial charge on any atom is -0.386 e. The van der Waals surface area contributed by atoms with E-state index in [1.165, 1.54) is 14.1 Å². The molecular weight excluding hydrogens is 202 g/mol. The van der Waals surface area contributed by atoms with Gasteiger partial charge in [-0.2, -0.15) is 19.3 Å². The third kappa shape index (κ3) is 2.13. The van der Waals surface area contributed by atoms with Crippen molar-refractivity contribution in [1.82, 2.24) is 4.90 Å². The highest BCUT2D eigenvalue weighted by Crippen LogP contribution is 1.98. The summed E-state index contributed by atoms with van der Waals surface area (Å²) in [6.45, 7) is -0.772. The van der Waals surface area contributed by atoms with Crippen LogP contribution in [-0.2, 0) is 9.59 Å². The van der Waals surface area contributed by atoms with Gasteiger partial charge in [0.1, 0.15) is 12.8 Å². The van der Waals surface area contributed by atoms with Crippen LogP contribution in [0, 0.1) is 0 Å². The van der Waals surface area contributed by atoms with E-state index in [4.69, 9.17) is 5.11 Å². The van der Waals surface area contributed by atoms with E-state index in [1.54, 1.807) is 0 Å². The van der Waals surface area contributed by atoms with Crippen molar-refractivity contribution in [1.29, 1.82) is 0 Å². The summed E-state index contributed by atoms with van der Waals surface area (Å²) in [4.78, 5) is 37.6. The lowest BCUT2D eigenvalue weighted by atomic mass is 10.3. The Morgan fingerprint density at radius 3 is 2.73 bits per heavy atom. The Morgan fingerprint density at radius 2 is 2.20 bits per heavy atom. The first-order valence-electron chi connectivity index (χ1n) is 4.09. The average Bonchev–Trinajstić information content (AvgIpc) is 2.22. The molecule has 0 bridgehead atoms. The van der Waals surface area contributed by atoms with E-state index in [1.807, 2.05) is 0 Å². The molecule has 15 heavy (non-hydrogen) atoms. The maximum absolute atomic E-state index is 11.4. The quantitative estimate of drug-likeness (QED) is 0.522. The van der Waals surface area contributed by atoms with Crippen molar-refractivity contribution in [2.75, 3.05) is 20.7 Å². The van der Waals surface area contributed by atoms with Gasteiger partial charge in [-0.05, 0) is 0 Å². The van der Waals surface area contributed by atoms with Crippen LogP contribution in [0.1, 0.15) is 0 Å². The van der Waals surface area contributed by atoms with Crippen LogP contribution in [-0.4, -0.2) is 65.1 Å². The van der Waals surface area contributed by atoms with Crippen molar-refractivity contribution in [2.45, 2.75) is 0 Å². The number of imide groups is 1. The van der Waals surface area contributed by atoms with Gasteiger partial charge in [0.25, 0.3) is 5.91 Å². The van der Waals surface area contributed by atoms with Gasteiger partial charge in [0, 0.05) is 0 Å². The first kappa shape index (κ1) is 11.2. The molecule has 0 saturated heterocycles. The monoisotopic (exact) mass is 212 g/mol. The predicted octanol–water partition coefficient (Wildman–Crippen LogP) is -1.75. The van der Waals surface area contributed by atoms with E-state index < -0.39 is 24.5 Å². The van der Waals surface area contributed by atoms with Crippen LogP contribution in [0.25, 0.3) is 0 Å². The number of amides is 4. The molecule has 80 valence electrons. The fraction of sp³-hybridized carbons (Fsp3) is 0.375. The molecule has 0 spiro atoms. The molecule has 1 heterocycles. The molecule has 0 aromatic rings. The van der Waals surface area contributed by atoms with E-state index >= 15 is 0 Å². The second kappa shape index (κ2) is 4.09. The summed E-state index contributed by atoms with van der Waals surface area (Å²) >= 11 is 0. The van der Waals surface area contributed by atoms with Gasteiger partial charge in [-0.3, -0.25) is 4.79 Å². The highest BCUT2D eigenvalue weighted by atomic mass is 16.3. The molecule has 1 aliphatic rings. The molecule has 0 aromatic heterocycles. The summed E-state index contributed by atoms with van der Waals surface area (Å²) < 4.78 is 1.13. The lowest BCUT2D eigenvalue weighted by Gasteiger charge is -2.12. The summed E-state index contributed by atoms with van der Waals surface area (Å²) in [5, 5.41) is 8.46. The molecule has 0 aromatic carbocycles. The van der Waals surface area contributed by atoms with E-state index in [2.05, 4.69) is 4.99 Å². The third-order valence-corrected chi connectivity index (χ3v) is 1.81. The zero-order chi connectivity index (χ0) is 11.6. The third-order valence-electron chi connectivity index (χ3n) is 1.81. The largest absolute Gasteiger partial charge is 0.500 e. The molecule has 0 aliphatic carbocycles. The van der Waals surface area contributed by atoms with Crippen molar-refractivity contribution in [3.05, 3.63) is 0 Å². The molecule has 1 N–H and O–H groups in total. The lowest BCUT2D eigenvalue weighted by Crippen LogP contribution is -2.48. The number of carbonyl (C=O) groups excluding carboxylic acids is 3. The summed E-state index contributed by atoms with van der Waals surface area (Å²) in [5.41, 5.74) is -0.168. The van der Waals surface area contributed by atoms with Crippen molar-refractivity contribution in [3.8, 4) is 0 Å². The number of carbonyl (C=O) groups is 3. The molecule has 0 fully saturated rings. The molecule has 0 radical (unpaired) electrons. The zero-order valence-electron chi connectivity index (χ0n) is 8.30. The molecular formula is C8H10N3O4+. The topological polar surface area (TPSA) is 90.1 Å². The van der Waals surface area contributed by atoms with E-state index in [0.717, 1.165) is 15.7 Å². The van der Waals surface area contributed by atoms with Crippen LogP contribution in [0.15, 0.2) is 4.99 Å². The van der Waals surface area contributed by atoms with Crippen LogP contribution < -0.4 is 0 Å². The molecule has 7 heteroatoms. The van der Waals surface area contributed by atoms with Crippen LogP contribution >= 0.6 is 0 Å². The maximum atomic E-state index is 11.4. The Morgan fingerprint density at radius 1 is 1.60 bits per heavy atom. The molecule has 0 unspecified atom stereocenters. The number of aliphatic hydroxyl groups is 1. The normalized spacial score (nSPS) is 19.5. The number of aliphatic hydroxyl groups excluding tert-OH is 1. The SMILES string of the molecule is CN1C(=O)C(=NC(=O)CO)C=[N+](C)C1=O. The highest BCUT2D eigenvalue weighted by molar-refractivity contribution is 6.62. The standard InChI is InChI=1S/C8H10N3O4/c1-10-3-5(9-6(13)4-12)7(14)11(2)8(10)15/h3,12H,4H2,1-2H3/q+1. The molecule has 0 saturated carbocycles. The van der Waals surface area contributed by atoms with Gasteiger partial charge in [0.05, 0.1) is 14.1 Å². The van der Waals surface area contributed by atoms with Gasteiger partial charge in [0.15, 0.2) is 5.71 Å². The van der Waals surface area contributed by atoms with Crippen LogP contribution in [0.2, 0.25) is 0 Å². The highest BCUT2D eigenvalue weighted by Gasteiger charge is 2.36. The first-order chi connectivity index (χ1) is 6.97. The smallest absolute Gasteiger partial charge is 0.386 e. The molecule has 1 rings (SSSR count). The van der Waals surface area contributed by atoms with Gasteiger partial charge in [-0.15, -0.1) is 0 Å². The Balaban J connectivity index is 3.12. The number of hydrogen-bond donors (Lipinski definition) is 1. The minimum absolute atomic E-state index is 0.168. The fourth-order valence-corrected chi connectivity index (χ4v) is 1.04. The first-order valence-corrected chi connectivity index (χ1v) is 4.09. The van der Waals surface area contributed by atoms with Gasteiger partial charge < -0.3 is 5.11 Å². The van der Waals surface area contributed by atoms with Gasteiger partial charge in [0.2, 0.25) is 0 Å². The summed E-state index contributed by atoms with van der Waals surface area (Å²) in [6.07, 6.45) is 1.15. The zero-order valence-corrected chi connectivity index (χ0v) is 8.30. The Bertz CT molecular complexity index is 397. The van der Waals surface area contributed by atoms with E-state index in [0.29, 0.717) is 0 Å². The van der Waals surface area contributed by atoms with Gasteiger partial charge in [-0.25, -0.2) is 4.79 Å². The number of urea groups is 1. The van der Waals surface area contributed by atoms with Crippen molar-refractivity contribution in [2.24, 2.45) is 4.99 Å².